The molecule has 1 aliphatic carbocycles. The van der Waals surface area contributed by atoms with Crippen LogP contribution >= 0.6 is 0 Å². The molecule has 0 bridgehead atoms. The van der Waals surface area contributed by atoms with E-state index in [4.69, 9.17) is 0 Å². The Labute approximate surface area is 167 Å². The minimum absolute atomic E-state index is 0.0794. The second-order valence-corrected chi connectivity index (χ2v) is 8.55. The minimum Gasteiger partial charge on any atom is -0.325 e. The molecule has 146 valence electrons. The summed E-state index contributed by atoms with van der Waals surface area (Å²) in [4.78, 5) is 12.4. The molecule has 1 saturated heterocycles. The lowest BCUT2D eigenvalue weighted by Gasteiger charge is -2.34. The molecule has 3 aliphatic rings. The van der Waals surface area contributed by atoms with Crippen LogP contribution in [0, 0.1) is 5.92 Å². The van der Waals surface area contributed by atoms with Crippen molar-refractivity contribution in [1.82, 2.24) is 10.6 Å². The van der Waals surface area contributed by atoms with Crippen molar-refractivity contribution in [3.8, 4) is 0 Å². The number of benzene rings is 2. The molecule has 1 saturated carbocycles. The van der Waals surface area contributed by atoms with Crippen LogP contribution in [0.15, 0.2) is 48.5 Å². The van der Waals surface area contributed by atoms with Gasteiger partial charge in [0.25, 0.3) is 0 Å². The fourth-order valence-electron chi connectivity index (χ4n) is 5.05. The Morgan fingerprint density at radius 2 is 1.86 bits per heavy atom. The number of amides is 1. The van der Waals surface area contributed by atoms with Crippen molar-refractivity contribution in [2.24, 2.45) is 5.92 Å². The van der Waals surface area contributed by atoms with Gasteiger partial charge < -0.3 is 16.0 Å². The zero-order valence-corrected chi connectivity index (χ0v) is 16.3. The quantitative estimate of drug-likeness (QED) is 0.737. The summed E-state index contributed by atoms with van der Waals surface area (Å²) in [5, 5.41) is 10.6. The maximum Gasteiger partial charge on any atom is 0.232 e. The van der Waals surface area contributed by atoms with Crippen LogP contribution in [0.5, 0.6) is 0 Å². The second-order valence-electron chi connectivity index (χ2n) is 8.55. The van der Waals surface area contributed by atoms with Gasteiger partial charge in [-0.05, 0) is 60.9 Å². The van der Waals surface area contributed by atoms with Gasteiger partial charge in [0.1, 0.15) is 0 Å². The molecule has 2 aromatic carbocycles. The fourth-order valence-corrected chi connectivity index (χ4v) is 5.05. The number of hydrogen-bond acceptors (Lipinski definition) is 3. The van der Waals surface area contributed by atoms with Crippen LogP contribution in [0.25, 0.3) is 0 Å². The third kappa shape index (κ3) is 3.36. The molecule has 4 heteroatoms. The van der Waals surface area contributed by atoms with Gasteiger partial charge >= 0.3 is 0 Å². The van der Waals surface area contributed by atoms with E-state index in [1.807, 2.05) is 0 Å². The lowest BCUT2D eigenvalue weighted by atomic mass is 9.73. The summed E-state index contributed by atoms with van der Waals surface area (Å²) in [6, 6.07) is 18.1. The SMILES string of the molecule is O=C1Nc2cc(CNC3CCCNC3c3ccccc3)ccc2C1C1CCC1. The van der Waals surface area contributed by atoms with Crippen molar-refractivity contribution in [3.63, 3.8) is 0 Å². The van der Waals surface area contributed by atoms with E-state index >= 15 is 0 Å². The number of anilines is 1. The summed E-state index contributed by atoms with van der Waals surface area (Å²) in [5.74, 6) is 0.825. The lowest BCUT2D eigenvalue weighted by Crippen LogP contribution is -2.45. The lowest BCUT2D eigenvalue weighted by molar-refractivity contribution is -0.118. The molecular weight excluding hydrogens is 346 g/mol. The standard InChI is InChI=1S/C24H29N3O/c28-24-22(17-8-4-9-17)19-12-11-16(14-21(19)27-24)15-26-20-10-5-13-25-23(20)18-6-2-1-3-7-18/h1-3,6-7,11-12,14,17,20,22-23,25-26H,4-5,8-10,13,15H2,(H,27,28). The van der Waals surface area contributed by atoms with Crippen LogP contribution in [-0.4, -0.2) is 18.5 Å². The molecule has 0 spiro atoms. The smallest absolute Gasteiger partial charge is 0.232 e. The Morgan fingerprint density at radius 1 is 1.00 bits per heavy atom. The fraction of sp³-hybridized carbons (Fsp3) is 0.458. The predicted octanol–water partition coefficient (Wildman–Crippen LogP) is 4.11. The molecule has 2 aromatic rings. The van der Waals surface area contributed by atoms with E-state index in [1.54, 1.807) is 0 Å². The zero-order chi connectivity index (χ0) is 18.9. The van der Waals surface area contributed by atoms with Gasteiger partial charge in [-0.1, -0.05) is 48.9 Å². The maximum absolute atomic E-state index is 12.4. The molecule has 5 rings (SSSR count). The Morgan fingerprint density at radius 3 is 2.64 bits per heavy atom. The van der Waals surface area contributed by atoms with E-state index in [1.165, 1.54) is 48.8 Å². The van der Waals surface area contributed by atoms with E-state index in [2.05, 4.69) is 64.5 Å². The molecule has 28 heavy (non-hydrogen) atoms. The van der Waals surface area contributed by atoms with Crippen molar-refractivity contribution in [2.45, 2.75) is 56.7 Å². The molecule has 2 aliphatic heterocycles. The van der Waals surface area contributed by atoms with E-state index in [0.29, 0.717) is 18.0 Å². The Balaban J connectivity index is 1.28. The summed E-state index contributed by atoms with van der Waals surface area (Å²) >= 11 is 0. The third-order valence-electron chi connectivity index (χ3n) is 6.80. The van der Waals surface area contributed by atoms with Crippen LogP contribution in [-0.2, 0) is 11.3 Å². The highest BCUT2D eigenvalue weighted by atomic mass is 16.2. The minimum atomic E-state index is 0.0794. The summed E-state index contributed by atoms with van der Waals surface area (Å²) in [6.07, 6.45) is 6.03. The molecule has 3 unspecified atom stereocenters. The van der Waals surface area contributed by atoms with E-state index in [9.17, 15) is 4.79 Å². The first-order chi connectivity index (χ1) is 13.8. The maximum atomic E-state index is 12.4. The van der Waals surface area contributed by atoms with Gasteiger partial charge in [0.15, 0.2) is 0 Å². The van der Waals surface area contributed by atoms with Gasteiger partial charge in [0.2, 0.25) is 5.91 Å². The van der Waals surface area contributed by atoms with Crippen molar-refractivity contribution < 1.29 is 4.79 Å². The Kier molecular flexibility index (Phi) is 4.91. The van der Waals surface area contributed by atoms with Crippen molar-refractivity contribution >= 4 is 11.6 Å². The average molecular weight is 376 g/mol. The Bertz CT molecular complexity index is 846. The number of rotatable bonds is 5. The number of hydrogen-bond donors (Lipinski definition) is 3. The molecule has 2 heterocycles. The topological polar surface area (TPSA) is 53.2 Å². The average Bonchev–Trinajstić information content (AvgIpc) is 3.01. The molecule has 4 nitrogen and oxygen atoms in total. The number of carbonyl (C=O) groups is 1. The van der Waals surface area contributed by atoms with Crippen LogP contribution in [0.3, 0.4) is 0 Å². The summed E-state index contributed by atoms with van der Waals surface area (Å²) in [7, 11) is 0. The van der Waals surface area contributed by atoms with Gasteiger partial charge in [0.05, 0.1) is 5.92 Å². The Hall–Kier alpha value is -2.17. The highest BCUT2D eigenvalue weighted by Gasteiger charge is 2.39. The molecule has 0 radical (unpaired) electrons. The molecule has 1 amide bonds. The zero-order valence-electron chi connectivity index (χ0n) is 16.3. The summed E-state index contributed by atoms with van der Waals surface area (Å²) < 4.78 is 0. The predicted molar refractivity (Wildman–Crippen MR) is 112 cm³/mol. The van der Waals surface area contributed by atoms with E-state index in [0.717, 1.165) is 18.8 Å². The van der Waals surface area contributed by atoms with Gasteiger partial charge in [-0.15, -0.1) is 0 Å². The molecular formula is C24H29N3O. The molecule has 0 aromatic heterocycles. The van der Waals surface area contributed by atoms with Crippen LogP contribution in [0.1, 0.15) is 60.8 Å². The van der Waals surface area contributed by atoms with Gasteiger partial charge in [-0.25, -0.2) is 0 Å². The van der Waals surface area contributed by atoms with Crippen molar-refractivity contribution in [1.29, 1.82) is 0 Å². The number of piperidine rings is 1. The van der Waals surface area contributed by atoms with Crippen molar-refractivity contribution in [2.75, 3.05) is 11.9 Å². The first-order valence-corrected chi connectivity index (χ1v) is 10.7. The largest absolute Gasteiger partial charge is 0.325 e. The molecule has 3 N–H and O–H groups in total. The van der Waals surface area contributed by atoms with Crippen LogP contribution < -0.4 is 16.0 Å². The van der Waals surface area contributed by atoms with Crippen molar-refractivity contribution in [3.05, 3.63) is 65.2 Å². The van der Waals surface area contributed by atoms with Gasteiger partial charge in [-0.3, -0.25) is 4.79 Å². The summed E-state index contributed by atoms with van der Waals surface area (Å²) in [6.45, 7) is 1.90. The van der Waals surface area contributed by atoms with Crippen LogP contribution in [0.4, 0.5) is 5.69 Å². The monoisotopic (exact) mass is 375 g/mol. The van der Waals surface area contributed by atoms with Gasteiger partial charge in [-0.2, -0.15) is 0 Å². The van der Waals surface area contributed by atoms with E-state index < -0.39 is 0 Å². The summed E-state index contributed by atoms with van der Waals surface area (Å²) in [5.41, 5.74) is 4.83. The number of nitrogens with one attached hydrogen (secondary N) is 3. The van der Waals surface area contributed by atoms with Gasteiger partial charge in [0, 0.05) is 24.3 Å². The first-order valence-electron chi connectivity index (χ1n) is 10.7. The normalized spacial score (nSPS) is 27.1. The van der Waals surface area contributed by atoms with E-state index in [-0.39, 0.29) is 11.8 Å². The van der Waals surface area contributed by atoms with Crippen LogP contribution in [0.2, 0.25) is 0 Å². The highest BCUT2D eigenvalue weighted by molar-refractivity contribution is 6.03. The third-order valence-corrected chi connectivity index (χ3v) is 6.80. The highest BCUT2D eigenvalue weighted by Crippen LogP contribution is 2.45. The number of carbonyl (C=O) groups excluding carboxylic acids is 1. The first kappa shape index (κ1) is 17.9. The number of fused-ring (bicyclic) bond motifs is 1. The second kappa shape index (κ2) is 7.69. The molecule has 3 atom stereocenters. The molecule has 2 fully saturated rings.